The lowest BCUT2D eigenvalue weighted by atomic mass is 9.79. The number of hydrogen-bond donors (Lipinski definition) is 1. The average molecular weight is 138 g/mol. The largest absolute Gasteiger partial charge is 0.393 e. The maximum absolute atomic E-state index is 9.16. The van der Waals surface area contributed by atoms with Crippen LogP contribution in [0.4, 0.5) is 0 Å². The highest BCUT2D eigenvalue weighted by atomic mass is 16.3. The van der Waals surface area contributed by atoms with Crippen molar-refractivity contribution in [3.63, 3.8) is 0 Å². The Morgan fingerprint density at radius 3 is 2.70 bits per heavy atom. The van der Waals surface area contributed by atoms with E-state index >= 15 is 0 Å². The third-order valence-electron chi connectivity index (χ3n) is 2.27. The number of rotatable bonds is 3. The molecule has 0 amide bonds. The van der Waals surface area contributed by atoms with Gasteiger partial charge in [0.2, 0.25) is 0 Å². The van der Waals surface area contributed by atoms with E-state index in [0.717, 1.165) is 25.7 Å². The summed E-state index contributed by atoms with van der Waals surface area (Å²) in [5.41, 5.74) is 0. The van der Waals surface area contributed by atoms with E-state index < -0.39 is 0 Å². The minimum absolute atomic E-state index is 0.0159. The highest BCUT2D eigenvalue weighted by Gasteiger charge is 2.27. The Bertz CT molecular complexity index is 134. The van der Waals surface area contributed by atoms with Gasteiger partial charge < -0.3 is 5.11 Å². The molecule has 0 bridgehead atoms. The molecular weight excluding hydrogens is 124 g/mol. The zero-order valence-corrected chi connectivity index (χ0v) is 6.21. The van der Waals surface area contributed by atoms with Crippen molar-refractivity contribution >= 4 is 0 Å². The summed E-state index contributed by atoms with van der Waals surface area (Å²) >= 11 is 0. The second-order valence-electron chi connectivity index (χ2n) is 3.00. The minimum atomic E-state index is -0.0159. The van der Waals surface area contributed by atoms with Gasteiger partial charge in [0, 0.05) is 6.42 Å². The molecule has 2 atom stereocenters. The normalized spacial score (nSPS) is 30.8. The molecule has 1 fully saturated rings. The van der Waals surface area contributed by atoms with Gasteiger partial charge in [0.05, 0.1) is 6.10 Å². The van der Waals surface area contributed by atoms with Crippen molar-refractivity contribution in [2.75, 3.05) is 0 Å². The van der Waals surface area contributed by atoms with Crippen LogP contribution in [-0.2, 0) is 0 Å². The van der Waals surface area contributed by atoms with Crippen LogP contribution < -0.4 is 0 Å². The smallest absolute Gasteiger partial charge is 0.0568 e. The van der Waals surface area contributed by atoms with Gasteiger partial charge >= 0.3 is 0 Å². The molecule has 0 aromatic heterocycles. The monoisotopic (exact) mass is 138 g/mol. The summed E-state index contributed by atoms with van der Waals surface area (Å²) < 4.78 is 0. The standard InChI is InChI=1S/C9H14O/c1-2-3-4-5-8-6-7-9(8)10/h1,8-10H,3-7H2. The molecule has 2 unspecified atom stereocenters. The molecule has 0 aliphatic heterocycles. The van der Waals surface area contributed by atoms with Crippen molar-refractivity contribution in [3.8, 4) is 12.3 Å². The van der Waals surface area contributed by atoms with Gasteiger partial charge in [-0.25, -0.2) is 0 Å². The van der Waals surface area contributed by atoms with Crippen molar-refractivity contribution < 1.29 is 5.11 Å². The molecule has 1 aliphatic carbocycles. The number of aliphatic hydroxyl groups excluding tert-OH is 1. The van der Waals surface area contributed by atoms with Gasteiger partial charge in [-0.15, -0.1) is 12.3 Å². The highest BCUT2D eigenvalue weighted by molar-refractivity contribution is 4.85. The van der Waals surface area contributed by atoms with Gasteiger partial charge in [-0.1, -0.05) is 0 Å². The van der Waals surface area contributed by atoms with Gasteiger partial charge in [0.25, 0.3) is 0 Å². The zero-order valence-electron chi connectivity index (χ0n) is 6.21. The molecular formula is C9H14O. The van der Waals surface area contributed by atoms with E-state index in [1.54, 1.807) is 0 Å². The van der Waals surface area contributed by atoms with Gasteiger partial charge in [0.1, 0.15) is 0 Å². The molecule has 1 N–H and O–H groups in total. The minimum Gasteiger partial charge on any atom is -0.393 e. The quantitative estimate of drug-likeness (QED) is 0.463. The van der Waals surface area contributed by atoms with Crippen molar-refractivity contribution in [3.05, 3.63) is 0 Å². The molecule has 0 aromatic carbocycles. The summed E-state index contributed by atoms with van der Waals surface area (Å²) in [7, 11) is 0. The van der Waals surface area contributed by atoms with Gasteiger partial charge in [-0.3, -0.25) is 0 Å². The summed E-state index contributed by atoms with van der Waals surface area (Å²) in [5.74, 6) is 3.17. The molecule has 0 aromatic rings. The summed E-state index contributed by atoms with van der Waals surface area (Å²) in [6.45, 7) is 0. The molecule has 0 heterocycles. The molecule has 1 rings (SSSR count). The van der Waals surface area contributed by atoms with E-state index in [0.29, 0.717) is 5.92 Å². The second-order valence-corrected chi connectivity index (χ2v) is 3.00. The van der Waals surface area contributed by atoms with E-state index in [1.807, 2.05) is 0 Å². The Labute approximate surface area is 62.4 Å². The molecule has 0 spiro atoms. The first-order valence-corrected chi connectivity index (χ1v) is 3.96. The summed E-state index contributed by atoms with van der Waals surface area (Å²) in [6.07, 6.45) is 10.3. The van der Waals surface area contributed by atoms with E-state index in [4.69, 9.17) is 11.5 Å². The van der Waals surface area contributed by atoms with Crippen molar-refractivity contribution in [1.29, 1.82) is 0 Å². The van der Waals surface area contributed by atoms with Crippen LogP contribution in [0.3, 0.4) is 0 Å². The third kappa shape index (κ3) is 1.75. The van der Waals surface area contributed by atoms with Crippen molar-refractivity contribution in [1.82, 2.24) is 0 Å². The van der Waals surface area contributed by atoms with Crippen LogP contribution in [0, 0.1) is 18.3 Å². The van der Waals surface area contributed by atoms with Crippen LogP contribution >= 0.6 is 0 Å². The molecule has 1 aliphatic rings. The summed E-state index contributed by atoms with van der Waals surface area (Å²) in [4.78, 5) is 0. The topological polar surface area (TPSA) is 20.2 Å². The van der Waals surface area contributed by atoms with Crippen molar-refractivity contribution in [2.24, 2.45) is 5.92 Å². The lowest BCUT2D eigenvalue weighted by Gasteiger charge is -2.32. The summed E-state index contributed by atoms with van der Waals surface area (Å²) in [6, 6.07) is 0. The first kappa shape index (κ1) is 7.63. The zero-order chi connectivity index (χ0) is 7.40. The summed E-state index contributed by atoms with van der Waals surface area (Å²) in [5, 5.41) is 9.16. The number of hydrogen-bond acceptors (Lipinski definition) is 1. The van der Waals surface area contributed by atoms with Gasteiger partial charge in [-0.05, 0) is 31.6 Å². The fraction of sp³-hybridized carbons (Fsp3) is 0.778. The second kappa shape index (κ2) is 3.63. The Hall–Kier alpha value is -0.480. The molecule has 10 heavy (non-hydrogen) atoms. The van der Waals surface area contributed by atoms with Crippen LogP contribution in [0.2, 0.25) is 0 Å². The lowest BCUT2D eigenvalue weighted by Crippen LogP contribution is -2.30. The van der Waals surface area contributed by atoms with E-state index in [1.165, 1.54) is 6.42 Å². The fourth-order valence-corrected chi connectivity index (χ4v) is 1.35. The molecule has 0 radical (unpaired) electrons. The Balaban J connectivity index is 1.99. The Kier molecular flexibility index (Phi) is 2.77. The maximum Gasteiger partial charge on any atom is 0.0568 e. The molecule has 1 heteroatoms. The maximum atomic E-state index is 9.16. The first-order chi connectivity index (χ1) is 4.84. The van der Waals surface area contributed by atoms with Crippen LogP contribution in [-0.4, -0.2) is 11.2 Å². The first-order valence-electron chi connectivity index (χ1n) is 3.96. The number of unbranched alkanes of at least 4 members (excludes halogenated alkanes) is 1. The van der Waals surface area contributed by atoms with E-state index in [2.05, 4.69) is 5.92 Å². The Morgan fingerprint density at radius 1 is 1.50 bits per heavy atom. The van der Waals surface area contributed by atoms with Crippen LogP contribution in [0.1, 0.15) is 32.1 Å². The van der Waals surface area contributed by atoms with Gasteiger partial charge in [-0.2, -0.15) is 0 Å². The van der Waals surface area contributed by atoms with Crippen molar-refractivity contribution in [2.45, 2.75) is 38.2 Å². The highest BCUT2D eigenvalue weighted by Crippen LogP contribution is 2.31. The predicted molar refractivity (Wildman–Crippen MR) is 41.4 cm³/mol. The molecule has 0 saturated heterocycles. The molecule has 1 saturated carbocycles. The van der Waals surface area contributed by atoms with Crippen LogP contribution in [0.25, 0.3) is 0 Å². The molecule has 56 valence electrons. The van der Waals surface area contributed by atoms with E-state index in [-0.39, 0.29) is 6.10 Å². The predicted octanol–water partition coefficient (Wildman–Crippen LogP) is 1.56. The lowest BCUT2D eigenvalue weighted by molar-refractivity contribution is 0.0187. The average Bonchev–Trinajstić information content (AvgIpc) is 1.95. The number of terminal acetylenes is 1. The van der Waals surface area contributed by atoms with Gasteiger partial charge in [0.15, 0.2) is 0 Å². The van der Waals surface area contributed by atoms with Crippen LogP contribution in [0.5, 0.6) is 0 Å². The SMILES string of the molecule is C#CCCCC1CCC1O. The third-order valence-corrected chi connectivity index (χ3v) is 2.27. The van der Waals surface area contributed by atoms with E-state index in [9.17, 15) is 0 Å². The van der Waals surface area contributed by atoms with Crippen LogP contribution in [0.15, 0.2) is 0 Å². The Morgan fingerprint density at radius 2 is 2.30 bits per heavy atom. The number of aliphatic hydroxyl groups is 1. The fourth-order valence-electron chi connectivity index (χ4n) is 1.35. The molecule has 1 nitrogen and oxygen atoms in total.